The number of aromatic amines is 1. The Hall–Kier alpha value is -1.72. The van der Waals surface area contributed by atoms with Crippen LogP contribution in [0, 0.1) is 5.92 Å². The van der Waals surface area contributed by atoms with E-state index in [2.05, 4.69) is 20.2 Å². The quantitative estimate of drug-likeness (QED) is 0.891. The first-order chi connectivity index (χ1) is 10.3. The van der Waals surface area contributed by atoms with Gasteiger partial charge in [-0.15, -0.1) is 0 Å². The topological polar surface area (TPSA) is 61.0 Å². The maximum Gasteiger partial charge on any atom is 0.271 e. The molecule has 1 fully saturated rings. The molecule has 0 bridgehead atoms. The summed E-state index contributed by atoms with van der Waals surface area (Å²) >= 11 is 0. The van der Waals surface area contributed by atoms with E-state index in [1.165, 1.54) is 12.8 Å². The third-order valence-electron chi connectivity index (χ3n) is 4.24. The predicted molar refractivity (Wildman–Crippen MR) is 84.3 cm³/mol. The molecule has 5 heteroatoms. The molecule has 1 aromatic carbocycles. The van der Waals surface area contributed by atoms with Crippen molar-refractivity contribution in [1.29, 1.82) is 0 Å². The van der Waals surface area contributed by atoms with Crippen LogP contribution < -0.4 is 10.9 Å². The average molecular weight is 286 g/mol. The van der Waals surface area contributed by atoms with Crippen LogP contribution >= 0.6 is 0 Å². The van der Waals surface area contributed by atoms with E-state index in [1.807, 2.05) is 31.3 Å². The minimum absolute atomic E-state index is 0.0638. The van der Waals surface area contributed by atoms with Gasteiger partial charge in [0, 0.05) is 6.54 Å². The van der Waals surface area contributed by atoms with Crippen molar-refractivity contribution in [1.82, 2.24) is 20.2 Å². The molecule has 1 saturated heterocycles. The number of likely N-dealkylation sites (tertiary alicyclic amines) is 1. The van der Waals surface area contributed by atoms with Crippen molar-refractivity contribution in [3.63, 3.8) is 0 Å². The molecule has 0 atom stereocenters. The minimum Gasteiger partial charge on any atom is -0.319 e. The lowest BCUT2D eigenvalue weighted by molar-refractivity contribution is 0.174. The van der Waals surface area contributed by atoms with Gasteiger partial charge in [-0.25, -0.2) is 4.98 Å². The SMILES string of the molecule is CNCC1CCN(Cc2nc3ccccc3[nH]c2=O)CC1. The van der Waals surface area contributed by atoms with Crippen LogP contribution in [0.15, 0.2) is 29.1 Å². The van der Waals surface area contributed by atoms with Crippen molar-refractivity contribution >= 4 is 11.0 Å². The highest BCUT2D eigenvalue weighted by molar-refractivity contribution is 5.73. The number of para-hydroxylation sites is 2. The van der Waals surface area contributed by atoms with Gasteiger partial charge in [0.2, 0.25) is 0 Å². The summed E-state index contributed by atoms with van der Waals surface area (Å²) in [4.78, 5) is 21.9. The van der Waals surface area contributed by atoms with E-state index in [0.29, 0.717) is 12.2 Å². The Balaban J connectivity index is 1.71. The molecule has 2 heterocycles. The third kappa shape index (κ3) is 3.31. The number of rotatable bonds is 4. The smallest absolute Gasteiger partial charge is 0.271 e. The molecule has 1 aromatic heterocycles. The van der Waals surface area contributed by atoms with E-state index in [-0.39, 0.29) is 5.56 Å². The van der Waals surface area contributed by atoms with Crippen molar-refractivity contribution in [3.05, 3.63) is 40.3 Å². The summed E-state index contributed by atoms with van der Waals surface area (Å²) < 4.78 is 0. The number of nitrogens with zero attached hydrogens (tertiary/aromatic N) is 2. The van der Waals surface area contributed by atoms with Crippen LogP contribution in [-0.4, -0.2) is 41.5 Å². The zero-order valence-electron chi connectivity index (χ0n) is 12.4. The van der Waals surface area contributed by atoms with Crippen LogP contribution in [0.5, 0.6) is 0 Å². The Morgan fingerprint density at radius 3 is 2.86 bits per heavy atom. The molecule has 0 aliphatic carbocycles. The summed E-state index contributed by atoms with van der Waals surface area (Å²) in [7, 11) is 2.00. The van der Waals surface area contributed by atoms with Crippen molar-refractivity contribution in [3.8, 4) is 0 Å². The third-order valence-corrected chi connectivity index (χ3v) is 4.24. The van der Waals surface area contributed by atoms with Crippen molar-refractivity contribution in [2.24, 2.45) is 5.92 Å². The molecule has 2 aromatic rings. The molecule has 0 radical (unpaired) electrons. The van der Waals surface area contributed by atoms with Crippen LogP contribution in [0.3, 0.4) is 0 Å². The summed E-state index contributed by atoms with van der Waals surface area (Å²) in [5.41, 5.74) is 2.22. The number of hydrogen-bond donors (Lipinski definition) is 2. The zero-order chi connectivity index (χ0) is 14.7. The molecule has 1 aliphatic rings. The fourth-order valence-electron chi connectivity index (χ4n) is 3.02. The number of benzene rings is 1. The van der Waals surface area contributed by atoms with Gasteiger partial charge in [-0.1, -0.05) is 12.1 Å². The second-order valence-electron chi connectivity index (χ2n) is 5.81. The van der Waals surface area contributed by atoms with Gasteiger partial charge in [0.25, 0.3) is 5.56 Å². The maximum atomic E-state index is 12.1. The molecule has 2 N–H and O–H groups in total. The van der Waals surface area contributed by atoms with Gasteiger partial charge >= 0.3 is 0 Å². The lowest BCUT2D eigenvalue weighted by Gasteiger charge is -2.31. The summed E-state index contributed by atoms with van der Waals surface area (Å²) in [5.74, 6) is 0.758. The van der Waals surface area contributed by atoms with Crippen LogP contribution in [0.25, 0.3) is 11.0 Å². The summed E-state index contributed by atoms with van der Waals surface area (Å²) in [6, 6.07) is 7.68. The second-order valence-corrected chi connectivity index (χ2v) is 5.81. The van der Waals surface area contributed by atoms with E-state index in [4.69, 9.17) is 0 Å². The fourth-order valence-corrected chi connectivity index (χ4v) is 3.02. The van der Waals surface area contributed by atoms with Crippen LogP contribution in [-0.2, 0) is 6.54 Å². The van der Waals surface area contributed by atoms with Gasteiger partial charge in [0.15, 0.2) is 0 Å². The number of hydrogen-bond acceptors (Lipinski definition) is 4. The Morgan fingerprint density at radius 2 is 2.10 bits per heavy atom. The van der Waals surface area contributed by atoms with E-state index in [9.17, 15) is 4.79 Å². The fraction of sp³-hybridized carbons (Fsp3) is 0.500. The van der Waals surface area contributed by atoms with E-state index in [1.54, 1.807) is 0 Å². The molecule has 0 unspecified atom stereocenters. The average Bonchev–Trinajstić information content (AvgIpc) is 2.50. The van der Waals surface area contributed by atoms with Crippen LogP contribution in [0.2, 0.25) is 0 Å². The van der Waals surface area contributed by atoms with Gasteiger partial charge in [-0.2, -0.15) is 0 Å². The van der Waals surface area contributed by atoms with Gasteiger partial charge in [-0.3, -0.25) is 9.69 Å². The van der Waals surface area contributed by atoms with Crippen LogP contribution in [0.1, 0.15) is 18.5 Å². The number of piperidine rings is 1. The van der Waals surface area contributed by atoms with Crippen molar-refractivity contribution < 1.29 is 0 Å². The molecule has 0 spiro atoms. The van der Waals surface area contributed by atoms with Gasteiger partial charge in [0.05, 0.1) is 11.0 Å². The second kappa shape index (κ2) is 6.37. The minimum atomic E-state index is -0.0638. The zero-order valence-corrected chi connectivity index (χ0v) is 12.4. The molecule has 5 nitrogen and oxygen atoms in total. The lowest BCUT2D eigenvalue weighted by Crippen LogP contribution is -2.37. The first-order valence-electron chi connectivity index (χ1n) is 7.61. The molecule has 112 valence electrons. The Labute approximate surface area is 124 Å². The van der Waals surface area contributed by atoms with Crippen LogP contribution in [0.4, 0.5) is 0 Å². The monoisotopic (exact) mass is 286 g/mol. The molecule has 3 rings (SSSR count). The summed E-state index contributed by atoms with van der Waals surface area (Å²) in [6.45, 7) is 3.82. The van der Waals surface area contributed by atoms with E-state index in [0.717, 1.165) is 36.6 Å². The standard InChI is InChI=1S/C16H22N4O/c1-17-10-12-6-8-20(9-7-12)11-15-16(21)19-14-5-3-2-4-13(14)18-15/h2-5,12,17H,6-11H2,1H3,(H,19,21). The first kappa shape index (κ1) is 14.2. The number of nitrogens with one attached hydrogen (secondary N) is 2. The normalized spacial score (nSPS) is 17.4. The Kier molecular flexibility index (Phi) is 4.31. The van der Waals surface area contributed by atoms with Crippen molar-refractivity contribution in [2.45, 2.75) is 19.4 Å². The lowest BCUT2D eigenvalue weighted by atomic mass is 9.97. The van der Waals surface area contributed by atoms with Gasteiger partial charge in [0.1, 0.15) is 5.69 Å². The Morgan fingerprint density at radius 1 is 1.33 bits per heavy atom. The maximum absolute atomic E-state index is 12.1. The highest BCUT2D eigenvalue weighted by Crippen LogP contribution is 2.17. The van der Waals surface area contributed by atoms with Gasteiger partial charge in [-0.05, 0) is 57.6 Å². The summed E-state index contributed by atoms with van der Waals surface area (Å²) in [5, 5.41) is 3.25. The number of fused-ring (bicyclic) bond motifs is 1. The van der Waals surface area contributed by atoms with Crippen molar-refractivity contribution in [2.75, 3.05) is 26.7 Å². The number of H-pyrrole nitrogens is 1. The first-order valence-corrected chi connectivity index (χ1v) is 7.61. The molecular weight excluding hydrogens is 264 g/mol. The molecular formula is C16H22N4O. The largest absolute Gasteiger partial charge is 0.319 e. The van der Waals surface area contributed by atoms with E-state index >= 15 is 0 Å². The Bertz CT molecular complexity index is 659. The highest BCUT2D eigenvalue weighted by atomic mass is 16.1. The van der Waals surface area contributed by atoms with E-state index < -0.39 is 0 Å². The summed E-state index contributed by atoms with van der Waals surface area (Å²) in [6.07, 6.45) is 2.37. The number of aromatic nitrogens is 2. The van der Waals surface area contributed by atoms with Gasteiger partial charge < -0.3 is 10.3 Å². The molecule has 1 aliphatic heterocycles. The molecule has 0 saturated carbocycles. The highest BCUT2D eigenvalue weighted by Gasteiger charge is 2.19. The molecule has 0 amide bonds. The molecule has 21 heavy (non-hydrogen) atoms. The predicted octanol–water partition coefficient (Wildman–Crippen LogP) is 1.35.